The highest BCUT2D eigenvalue weighted by Crippen LogP contribution is 2.42. The fourth-order valence-electron chi connectivity index (χ4n) is 5.82. The van der Waals surface area contributed by atoms with E-state index in [1.54, 1.807) is 7.05 Å². The number of hydrogen-bond donors (Lipinski definition) is 2. The van der Waals surface area contributed by atoms with Gasteiger partial charge in [-0.3, -0.25) is 9.59 Å². The van der Waals surface area contributed by atoms with E-state index in [9.17, 15) is 9.59 Å². The molecule has 34 heavy (non-hydrogen) atoms. The lowest BCUT2D eigenvalue weighted by Crippen LogP contribution is -2.59. The number of fused-ring (bicyclic) bond motifs is 1. The van der Waals surface area contributed by atoms with Crippen LogP contribution in [0.5, 0.6) is 0 Å². The quantitative estimate of drug-likeness (QED) is 0.570. The molecule has 2 N–H and O–H groups in total. The summed E-state index contributed by atoms with van der Waals surface area (Å²) in [6, 6.07) is 0.0269. The summed E-state index contributed by atoms with van der Waals surface area (Å²) in [4.78, 5) is 38.4. The van der Waals surface area contributed by atoms with Crippen LogP contribution in [0.4, 0.5) is 11.8 Å². The summed E-state index contributed by atoms with van der Waals surface area (Å²) < 4.78 is 0. The molecule has 0 aromatic carbocycles. The number of likely N-dealkylation sites (tertiary alicyclic amines) is 1. The molecule has 0 saturated carbocycles. The second-order valence-electron chi connectivity index (χ2n) is 10.9. The van der Waals surface area contributed by atoms with Gasteiger partial charge in [-0.15, -0.1) is 0 Å². The van der Waals surface area contributed by atoms with Gasteiger partial charge < -0.3 is 20.4 Å². The van der Waals surface area contributed by atoms with E-state index in [4.69, 9.17) is 9.97 Å². The van der Waals surface area contributed by atoms with Crippen molar-refractivity contribution in [1.29, 1.82) is 0 Å². The highest BCUT2D eigenvalue weighted by atomic mass is 16.2. The van der Waals surface area contributed by atoms with Gasteiger partial charge in [0, 0.05) is 56.7 Å². The Bertz CT molecular complexity index is 939. The van der Waals surface area contributed by atoms with Gasteiger partial charge in [0.15, 0.2) is 0 Å². The van der Waals surface area contributed by atoms with Crippen LogP contribution in [0.15, 0.2) is 12.7 Å². The Kier molecular flexibility index (Phi) is 7.14. The maximum atomic E-state index is 12.2. The number of aromatic nitrogens is 2. The number of nitrogens with one attached hydrogen (secondary N) is 2. The van der Waals surface area contributed by atoms with Gasteiger partial charge in [0.1, 0.15) is 5.82 Å². The van der Waals surface area contributed by atoms with Gasteiger partial charge in [0.05, 0.1) is 5.69 Å². The molecule has 3 heterocycles. The zero-order chi connectivity index (χ0) is 24.5. The fraction of sp³-hybridized carbons (Fsp3) is 0.692. The SMILES string of the molecule is C=CC(=O)N1CC2(CCN(c3nc(N[C@H](CC(=O)NC)CC(C)C)c4c(n3)[C@@H](C)CCC4)C2)C1. The predicted molar refractivity (Wildman–Crippen MR) is 135 cm³/mol. The Balaban J connectivity index is 1.58. The second-order valence-corrected chi connectivity index (χ2v) is 10.9. The van der Waals surface area contributed by atoms with Crippen molar-refractivity contribution < 1.29 is 9.59 Å². The zero-order valence-corrected chi connectivity index (χ0v) is 21.2. The molecule has 0 bridgehead atoms. The van der Waals surface area contributed by atoms with E-state index in [0.29, 0.717) is 18.3 Å². The van der Waals surface area contributed by atoms with E-state index >= 15 is 0 Å². The molecule has 2 aliphatic heterocycles. The number of anilines is 2. The van der Waals surface area contributed by atoms with E-state index in [-0.39, 0.29) is 23.3 Å². The topological polar surface area (TPSA) is 90.5 Å². The molecular weight excluding hydrogens is 428 g/mol. The minimum atomic E-state index is 0.0155. The minimum absolute atomic E-state index is 0.0155. The van der Waals surface area contributed by atoms with Crippen LogP contribution in [0.3, 0.4) is 0 Å². The summed E-state index contributed by atoms with van der Waals surface area (Å²) in [5.74, 6) is 2.61. The van der Waals surface area contributed by atoms with Gasteiger partial charge in [-0.25, -0.2) is 4.98 Å². The number of hydrogen-bond acceptors (Lipinski definition) is 6. The van der Waals surface area contributed by atoms with Gasteiger partial charge in [0.2, 0.25) is 17.8 Å². The van der Waals surface area contributed by atoms with Crippen molar-refractivity contribution >= 4 is 23.6 Å². The Morgan fingerprint density at radius 2 is 2.03 bits per heavy atom. The average Bonchev–Trinajstić information content (AvgIpc) is 3.23. The van der Waals surface area contributed by atoms with E-state index in [0.717, 1.165) is 75.7 Å². The van der Waals surface area contributed by atoms with Crippen LogP contribution in [0.2, 0.25) is 0 Å². The Hall–Kier alpha value is -2.64. The number of amides is 2. The van der Waals surface area contributed by atoms with Gasteiger partial charge in [-0.1, -0.05) is 27.4 Å². The van der Waals surface area contributed by atoms with Crippen molar-refractivity contribution in [3.05, 3.63) is 23.9 Å². The Morgan fingerprint density at radius 3 is 2.71 bits per heavy atom. The van der Waals surface area contributed by atoms with Crippen LogP contribution in [0, 0.1) is 11.3 Å². The standard InChI is InChI=1S/C26H40N6O2/c1-6-22(34)32-15-26(16-32)10-11-31(14-26)25-29-23-18(4)8-7-9-20(23)24(30-25)28-19(12-17(2)3)13-21(33)27-5/h6,17-19H,1,7-16H2,2-5H3,(H,27,33)(H,28,29,30)/t18-,19-/m0/s1. The average molecular weight is 469 g/mol. The molecule has 8 nitrogen and oxygen atoms in total. The third-order valence-corrected chi connectivity index (χ3v) is 7.63. The summed E-state index contributed by atoms with van der Waals surface area (Å²) in [7, 11) is 1.69. The molecule has 1 spiro atoms. The highest BCUT2D eigenvalue weighted by molar-refractivity contribution is 5.87. The first-order valence-electron chi connectivity index (χ1n) is 12.8. The molecule has 1 aromatic heterocycles. The number of carbonyl (C=O) groups excluding carboxylic acids is 2. The fourth-order valence-corrected chi connectivity index (χ4v) is 5.82. The van der Waals surface area contributed by atoms with Gasteiger partial charge >= 0.3 is 0 Å². The third kappa shape index (κ3) is 5.05. The van der Waals surface area contributed by atoms with Gasteiger partial charge in [0.25, 0.3) is 0 Å². The molecule has 4 rings (SSSR count). The lowest BCUT2D eigenvalue weighted by atomic mass is 9.79. The smallest absolute Gasteiger partial charge is 0.245 e. The molecule has 2 atom stereocenters. The number of rotatable bonds is 8. The summed E-state index contributed by atoms with van der Waals surface area (Å²) in [5.41, 5.74) is 2.50. The first-order valence-corrected chi connectivity index (χ1v) is 12.8. The molecule has 0 unspecified atom stereocenters. The molecule has 186 valence electrons. The number of carbonyl (C=O) groups is 2. The van der Waals surface area contributed by atoms with E-state index < -0.39 is 0 Å². The van der Waals surface area contributed by atoms with Crippen LogP contribution in [-0.2, 0) is 16.0 Å². The molecule has 0 radical (unpaired) electrons. The predicted octanol–water partition coefficient (Wildman–Crippen LogP) is 3.10. The molecule has 2 amide bonds. The zero-order valence-electron chi connectivity index (χ0n) is 21.2. The van der Waals surface area contributed by atoms with Crippen LogP contribution in [-0.4, -0.2) is 66.0 Å². The monoisotopic (exact) mass is 468 g/mol. The molecule has 3 aliphatic rings. The van der Waals surface area contributed by atoms with Gasteiger partial charge in [-0.05, 0) is 50.0 Å². The largest absolute Gasteiger partial charge is 0.366 e. The van der Waals surface area contributed by atoms with Crippen LogP contribution in [0.25, 0.3) is 0 Å². The molecule has 8 heteroatoms. The van der Waals surface area contributed by atoms with Crippen molar-refractivity contribution in [1.82, 2.24) is 20.2 Å². The second kappa shape index (κ2) is 9.92. The van der Waals surface area contributed by atoms with Crippen LogP contribution >= 0.6 is 0 Å². The maximum absolute atomic E-state index is 12.2. The van der Waals surface area contributed by atoms with Crippen molar-refractivity contribution in [2.75, 3.05) is 43.4 Å². The first-order chi connectivity index (χ1) is 16.2. The Morgan fingerprint density at radius 1 is 1.26 bits per heavy atom. The normalized spacial score (nSPS) is 21.7. The Labute approximate surface area is 203 Å². The van der Waals surface area contributed by atoms with Crippen LogP contribution in [0.1, 0.15) is 70.1 Å². The summed E-state index contributed by atoms with van der Waals surface area (Å²) >= 11 is 0. The van der Waals surface area contributed by atoms with Crippen molar-refractivity contribution in [2.24, 2.45) is 11.3 Å². The van der Waals surface area contributed by atoms with E-state index in [1.165, 1.54) is 11.6 Å². The van der Waals surface area contributed by atoms with E-state index in [1.807, 2.05) is 4.90 Å². The first kappa shape index (κ1) is 24.5. The number of nitrogens with zero attached hydrogens (tertiary/aromatic N) is 4. The van der Waals surface area contributed by atoms with Gasteiger partial charge in [-0.2, -0.15) is 4.98 Å². The molecule has 1 aliphatic carbocycles. The summed E-state index contributed by atoms with van der Waals surface area (Å²) in [6.45, 7) is 13.6. The molecular formula is C26H40N6O2. The van der Waals surface area contributed by atoms with Crippen molar-refractivity contribution in [3.8, 4) is 0 Å². The minimum Gasteiger partial charge on any atom is -0.366 e. The lowest BCUT2D eigenvalue weighted by molar-refractivity contribution is -0.136. The molecule has 1 aromatic rings. The van der Waals surface area contributed by atoms with Crippen molar-refractivity contribution in [3.63, 3.8) is 0 Å². The maximum Gasteiger partial charge on any atom is 0.245 e. The summed E-state index contributed by atoms with van der Waals surface area (Å²) in [5, 5.41) is 6.43. The molecule has 2 fully saturated rings. The lowest BCUT2D eigenvalue weighted by Gasteiger charge is -2.47. The molecule has 2 saturated heterocycles. The third-order valence-electron chi connectivity index (χ3n) is 7.63. The van der Waals surface area contributed by atoms with E-state index in [2.05, 4.69) is 42.9 Å². The van der Waals surface area contributed by atoms with Crippen LogP contribution < -0.4 is 15.5 Å². The summed E-state index contributed by atoms with van der Waals surface area (Å²) in [6.07, 6.45) is 7.01. The highest BCUT2D eigenvalue weighted by Gasteiger charge is 2.49. The van der Waals surface area contributed by atoms with Crippen molar-refractivity contribution in [2.45, 2.75) is 71.3 Å².